The number of para-hydroxylation sites is 1. The molecule has 2 aromatic carbocycles. The van der Waals surface area contributed by atoms with E-state index < -0.39 is 0 Å². The van der Waals surface area contributed by atoms with Gasteiger partial charge in [0.15, 0.2) is 0 Å². The molecule has 1 aliphatic rings. The molecule has 7 heteroatoms. The van der Waals surface area contributed by atoms with Crippen LogP contribution in [0.3, 0.4) is 0 Å². The summed E-state index contributed by atoms with van der Waals surface area (Å²) < 4.78 is 13.5. The van der Waals surface area contributed by atoms with E-state index in [1.807, 2.05) is 95.7 Å². The predicted molar refractivity (Wildman–Crippen MR) is 127 cm³/mol. The minimum atomic E-state index is -0.333. The highest BCUT2D eigenvalue weighted by atomic mass is 16.5. The van der Waals surface area contributed by atoms with Crippen molar-refractivity contribution in [2.75, 3.05) is 5.32 Å². The molecule has 0 spiro atoms. The predicted octanol–water partition coefficient (Wildman–Crippen LogP) is 5.27. The average molecular weight is 450 g/mol. The van der Waals surface area contributed by atoms with E-state index in [-0.39, 0.29) is 12.1 Å². The Hall–Kier alpha value is -4.52. The molecule has 0 bridgehead atoms. The molecular weight excluding hydrogens is 428 g/mol. The molecule has 168 valence electrons. The minimum absolute atomic E-state index is 0.0390. The summed E-state index contributed by atoms with van der Waals surface area (Å²) in [6.45, 7) is 0.739. The Balaban J connectivity index is 1.23. The molecule has 1 unspecified atom stereocenters. The van der Waals surface area contributed by atoms with Crippen LogP contribution in [0.5, 0.6) is 5.75 Å². The monoisotopic (exact) mass is 450 g/mol. The summed E-state index contributed by atoms with van der Waals surface area (Å²) in [6.07, 6.45) is 5.21. The van der Waals surface area contributed by atoms with Crippen LogP contribution in [0.2, 0.25) is 0 Å². The van der Waals surface area contributed by atoms with Gasteiger partial charge in [0.1, 0.15) is 29.9 Å². The minimum Gasteiger partial charge on any atom is -0.487 e. The Kier molecular flexibility index (Phi) is 4.99. The molecule has 5 aromatic rings. The largest absolute Gasteiger partial charge is 0.487 e. The van der Waals surface area contributed by atoms with Gasteiger partial charge in [0.05, 0.1) is 24.1 Å². The van der Waals surface area contributed by atoms with Gasteiger partial charge in [-0.2, -0.15) is 0 Å². The third-order valence-electron chi connectivity index (χ3n) is 5.92. The first-order valence-electron chi connectivity index (χ1n) is 11.1. The number of furan rings is 1. The number of carbonyl (C=O) groups is 1. The van der Waals surface area contributed by atoms with Crippen LogP contribution < -0.4 is 10.1 Å². The summed E-state index contributed by atoms with van der Waals surface area (Å²) >= 11 is 0. The number of hydrogen-bond donors (Lipinski definition) is 1. The number of fused-ring (bicyclic) bond motifs is 2. The highest BCUT2D eigenvalue weighted by molar-refractivity contribution is 6.01. The molecule has 1 amide bonds. The van der Waals surface area contributed by atoms with Crippen molar-refractivity contribution >= 4 is 17.2 Å². The van der Waals surface area contributed by atoms with E-state index in [1.54, 1.807) is 11.2 Å². The third kappa shape index (κ3) is 3.77. The number of hydrogen-bond acceptors (Lipinski definition) is 5. The number of rotatable bonds is 6. The van der Waals surface area contributed by atoms with Gasteiger partial charge in [0.25, 0.3) is 5.91 Å². The van der Waals surface area contributed by atoms with E-state index in [9.17, 15) is 4.79 Å². The quantitative estimate of drug-likeness (QED) is 0.381. The van der Waals surface area contributed by atoms with Crippen LogP contribution in [0.25, 0.3) is 5.65 Å². The van der Waals surface area contributed by atoms with Crippen molar-refractivity contribution in [3.8, 4) is 5.75 Å². The Morgan fingerprint density at radius 3 is 2.65 bits per heavy atom. The van der Waals surface area contributed by atoms with Crippen molar-refractivity contribution < 1.29 is 13.9 Å². The number of nitrogens with one attached hydrogen (secondary N) is 1. The summed E-state index contributed by atoms with van der Waals surface area (Å²) in [6, 6.07) is 25.0. The Morgan fingerprint density at radius 1 is 0.971 bits per heavy atom. The maximum Gasteiger partial charge on any atom is 0.258 e. The summed E-state index contributed by atoms with van der Waals surface area (Å²) in [5.74, 6) is 1.43. The number of anilines is 1. The van der Waals surface area contributed by atoms with Crippen LogP contribution in [-0.4, -0.2) is 20.2 Å². The first-order chi connectivity index (χ1) is 16.7. The lowest BCUT2D eigenvalue weighted by atomic mass is 10.0. The van der Waals surface area contributed by atoms with E-state index in [0.717, 1.165) is 34.1 Å². The number of nitrogens with zero attached hydrogens (tertiary/aromatic N) is 3. The fraction of sp³-hybridized carbons (Fsp3) is 0.111. The lowest BCUT2D eigenvalue weighted by Crippen LogP contribution is -2.42. The van der Waals surface area contributed by atoms with Crippen LogP contribution in [-0.2, 0) is 13.2 Å². The Bertz CT molecular complexity index is 1410. The summed E-state index contributed by atoms with van der Waals surface area (Å²) in [7, 11) is 0. The second-order valence-corrected chi connectivity index (χ2v) is 8.16. The number of pyridine rings is 1. The smallest absolute Gasteiger partial charge is 0.258 e. The maximum atomic E-state index is 13.3. The third-order valence-corrected chi connectivity index (χ3v) is 5.92. The first-order valence-corrected chi connectivity index (χ1v) is 11.1. The number of carbonyl (C=O) groups excluding carboxylic acids is 1. The zero-order valence-corrected chi connectivity index (χ0v) is 18.3. The zero-order chi connectivity index (χ0) is 22.9. The molecule has 0 radical (unpaired) electrons. The van der Waals surface area contributed by atoms with Crippen LogP contribution in [0.15, 0.2) is 102 Å². The van der Waals surface area contributed by atoms with Gasteiger partial charge in [-0.15, -0.1) is 0 Å². The van der Waals surface area contributed by atoms with Crippen molar-refractivity contribution in [1.29, 1.82) is 0 Å². The van der Waals surface area contributed by atoms with E-state index >= 15 is 0 Å². The van der Waals surface area contributed by atoms with Crippen molar-refractivity contribution in [2.24, 2.45) is 0 Å². The van der Waals surface area contributed by atoms with Crippen LogP contribution >= 0.6 is 0 Å². The molecule has 0 saturated carbocycles. The van der Waals surface area contributed by atoms with Gasteiger partial charge in [-0.25, -0.2) is 4.98 Å². The molecule has 4 heterocycles. The van der Waals surface area contributed by atoms with Crippen molar-refractivity contribution in [3.63, 3.8) is 0 Å². The average Bonchev–Trinajstić information content (AvgIpc) is 3.54. The molecule has 1 aliphatic heterocycles. The molecule has 0 saturated heterocycles. The number of imidazole rings is 1. The molecule has 3 aromatic heterocycles. The molecule has 1 atom stereocenters. The van der Waals surface area contributed by atoms with E-state index in [1.165, 1.54) is 0 Å². The lowest BCUT2D eigenvalue weighted by molar-refractivity contribution is 0.0651. The second-order valence-electron chi connectivity index (χ2n) is 8.16. The Morgan fingerprint density at radius 2 is 1.82 bits per heavy atom. The molecule has 1 N–H and O–H groups in total. The van der Waals surface area contributed by atoms with E-state index in [2.05, 4.69) is 10.3 Å². The summed E-state index contributed by atoms with van der Waals surface area (Å²) in [4.78, 5) is 19.7. The molecule has 0 fully saturated rings. The molecule has 7 nitrogen and oxygen atoms in total. The fourth-order valence-corrected chi connectivity index (χ4v) is 4.25. The van der Waals surface area contributed by atoms with Gasteiger partial charge >= 0.3 is 0 Å². The number of benzene rings is 2. The van der Waals surface area contributed by atoms with Gasteiger partial charge < -0.3 is 23.8 Å². The molecule has 34 heavy (non-hydrogen) atoms. The molecular formula is C27H22N4O3. The first kappa shape index (κ1) is 20.1. The van der Waals surface area contributed by atoms with Crippen LogP contribution in [0.4, 0.5) is 5.69 Å². The second kappa shape index (κ2) is 8.44. The van der Waals surface area contributed by atoms with Crippen LogP contribution in [0.1, 0.15) is 33.5 Å². The fourth-order valence-electron chi connectivity index (χ4n) is 4.25. The maximum absolute atomic E-state index is 13.3. The highest BCUT2D eigenvalue weighted by Crippen LogP contribution is 2.34. The van der Waals surface area contributed by atoms with E-state index in [4.69, 9.17) is 9.15 Å². The number of aromatic nitrogens is 2. The topological polar surface area (TPSA) is 72.0 Å². The number of amides is 1. The van der Waals surface area contributed by atoms with Gasteiger partial charge in [-0.05, 0) is 54.1 Å². The summed E-state index contributed by atoms with van der Waals surface area (Å²) in [5.41, 5.74) is 4.17. The van der Waals surface area contributed by atoms with E-state index in [0.29, 0.717) is 18.7 Å². The van der Waals surface area contributed by atoms with Crippen molar-refractivity contribution in [1.82, 2.24) is 14.3 Å². The normalized spacial score (nSPS) is 15.2. The molecule has 0 aliphatic carbocycles. The Labute approximate surface area is 196 Å². The number of ether oxygens (including phenoxy) is 1. The van der Waals surface area contributed by atoms with Gasteiger partial charge in [0.2, 0.25) is 0 Å². The lowest BCUT2D eigenvalue weighted by Gasteiger charge is -2.37. The molecule has 6 rings (SSSR count). The van der Waals surface area contributed by atoms with Gasteiger partial charge in [0, 0.05) is 18.1 Å². The SMILES string of the molecule is O=C1c2ccccc2NC(c2ccc(OCc3cn4ccccc4n3)cc2)N1Cc1ccco1. The van der Waals surface area contributed by atoms with Crippen molar-refractivity contribution in [3.05, 3.63) is 120 Å². The van der Waals surface area contributed by atoms with Gasteiger partial charge in [-0.1, -0.05) is 30.3 Å². The van der Waals surface area contributed by atoms with Gasteiger partial charge in [-0.3, -0.25) is 4.79 Å². The summed E-state index contributed by atoms with van der Waals surface area (Å²) in [5, 5.41) is 3.51. The zero-order valence-electron chi connectivity index (χ0n) is 18.3. The highest BCUT2D eigenvalue weighted by Gasteiger charge is 2.33. The van der Waals surface area contributed by atoms with Crippen molar-refractivity contribution in [2.45, 2.75) is 19.3 Å². The van der Waals surface area contributed by atoms with Crippen LogP contribution in [0, 0.1) is 0 Å². The standard InChI is InChI=1S/C27H22N4O3/c32-27-23-7-1-2-8-24(23)29-26(31(27)17-22-6-5-15-33-22)19-10-12-21(13-11-19)34-18-20-16-30-14-4-3-9-25(30)28-20/h1-16,26,29H,17-18H2.